The summed E-state index contributed by atoms with van der Waals surface area (Å²) in [5.74, 6) is -0.495. The predicted octanol–water partition coefficient (Wildman–Crippen LogP) is 3.51. The van der Waals surface area contributed by atoms with Crippen LogP contribution in [0.4, 0.5) is 8.78 Å². The van der Waals surface area contributed by atoms with Gasteiger partial charge in [-0.3, -0.25) is 0 Å². The van der Waals surface area contributed by atoms with Crippen molar-refractivity contribution >= 4 is 0 Å². The van der Waals surface area contributed by atoms with Crippen molar-refractivity contribution < 1.29 is 8.78 Å². The highest BCUT2D eigenvalue weighted by Crippen LogP contribution is 2.45. The zero-order valence-electron chi connectivity index (χ0n) is 8.70. The van der Waals surface area contributed by atoms with Crippen molar-refractivity contribution in [2.75, 3.05) is 0 Å². The molecule has 14 heavy (non-hydrogen) atoms. The molecule has 0 nitrogen and oxygen atoms in total. The number of rotatable bonds is 0. The van der Waals surface area contributed by atoms with Gasteiger partial charge in [0.2, 0.25) is 0 Å². The first-order valence-electron chi connectivity index (χ1n) is 4.92. The number of aryl methyl sites for hydroxylation is 1. The lowest BCUT2D eigenvalue weighted by molar-refractivity contribution is 0.126. The van der Waals surface area contributed by atoms with Crippen molar-refractivity contribution in [3.63, 3.8) is 0 Å². The molecule has 2 rings (SSSR count). The molecule has 0 aliphatic heterocycles. The van der Waals surface area contributed by atoms with Crippen molar-refractivity contribution in [2.45, 2.75) is 32.9 Å². The van der Waals surface area contributed by atoms with Gasteiger partial charge in [0.05, 0.1) is 0 Å². The molecule has 0 bridgehead atoms. The molecule has 0 saturated carbocycles. The smallest absolute Gasteiger partial charge is 0.139 e. The van der Waals surface area contributed by atoms with Crippen LogP contribution in [0, 0.1) is 18.7 Å². The van der Waals surface area contributed by atoms with Gasteiger partial charge >= 0.3 is 0 Å². The van der Waals surface area contributed by atoms with Crippen LogP contribution in [0.3, 0.4) is 0 Å². The molecule has 0 saturated heterocycles. The quantitative estimate of drug-likeness (QED) is 0.595. The van der Waals surface area contributed by atoms with E-state index in [9.17, 15) is 8.78 Å². The fraction of sp³-hybridized carbons (Fsp3) is 0.500. The molecule has 1 aromatic rings. The van der Waals surface area contributed by atoms with Gasteiger partial charge in [-0.1, -0.05) is 19.1 Å². The van der Waals surface area contributed by atoms with E-state index in [1.165, 1.54) is 6.92 Å². The van der Waals surface area contributed by atoms with E-state index in [0.717, 1.165) is 5.56 Å². The topological polar surface area (TPSA) is 0 Å². The van der Waals surface area contributed by atoms with Crippen molar-refractivity contribution in [1.82, 2.24) is 0 Å². The van der Waals surface area contributed by atoms with Crippen LogP contribution >= 0.6 is 0 Å². The van der Waals surface area contributed by atoms with E-state index >= 15 is 0 Å². The zero-order valence-corrected chi connectivity index (χ0v) is 8.70. The molecule has 2 heteroatoms. The lowest BCUT2D eigenvalue weighted by atomic mass is 9.92. The maximum absolute atomic E-state index is 14.2. The van der Waals surface area contributed by atoms with E-state index in [0.29, 0.717) is 12.0 Å². The minimum atomic E-state index is -1.51. The van der Waals surface area contributed by atoms with Crippen molar-refractivity contribution in [1.29, 1.82) is 0 Å². The second-order valence-corrected chi connectivity index (χ2v) is 4.41. The first-order valence-corrected chi connectivity index (χ1v) is 4.92. The summed E-state index contributed by atoms with van der Waals surface area (Å²) in [6, 6.07) is 3.57. The summed E-state index contributed by atoms with van der Waals surface area (Å²) < 4.78 is 27.9. The minimum Gasteiger partial charge on any atom is -0.239 e. The number of alkyl halides is 1. The van der Waals surface area contributed by atoms with Gasteiger partial charge in [-0.15, -0.1) is 0 Å². The number of hydrogen-bond donors (Lipinski definition) is 0. The largest absolute Gasteiger partial charge is 0.239 e. The molecule has 2 unspecified atom stereocenters. The highest BCUT2D eigenvalue weighted by molar-refractivity contribution is 5.42. The molecule has 0 N–H and O–H groups in total. The van der Waals surface area contributed by atoms with Crippen molar-refractivity contribution in [2.24, 2.45) is 5.92 Å². The molecule has 1 aromatic carbocycles. The number of benzene rings is 1. The standard InChI is InChI=1S/C12H14F2/c1-7-4-5-9-6-8(2)12(3,14)10(9)11(7)13/h4-5,8H,6H2,1-3H3. The second kappa shape index (κ2) is 2.78. The van der Waals surface area contributed by atoms with E-state index in [-0.39, 0.29) is 17.3 Å². The van der Waals surface area contributed by atoms with Crippen LogP contribution in [-0.4, -0.2) is 0 Å². The summed E-state index contributed by atoms with van der Waals surface area (Å²) in [5.41, 5.74) is 0.128. The fourth-order valence-corrected chi connectivity index (χ4v) is 2.19. The van der Waals surface area contributed by atoms with Crippen LogP contribution in [0.1, 0.15) is 30.5 Å². The predicted molar refractivity (Wildman–Crippen MR) is 52.5 cm³/mol. The minimum absolute atomic E-state index is 0.131. The maximum atomic E-state index is 14.2. The van der Waals surface area contributed by atoms with Gasteiger partial charge in [-0.05, 0) is 37.3 Å². The summed E-state index contributed by atoms with van der Waals surface area (Å²) in [6.45, 7) is 4.98. The molecule has 0 amide bonds. The van der Waals surface area contributed by atoms with Crippen LogP contribution in [-0.2, 0) is 12.1 Å². The van der Waals surface area contributed by atoms with Gasteiger partial charge in [0, 0.05) is 5.56 Å². The van der Waals surface area contributed by atoms with E-state index in [4.69, 9.17) is 0 Å². The summed E-state index contributed by atoms with van der Waals surface area (Å²) in [6.07, 6.45) is 0.638. The molecule has 2 atom stereocenters. The Morgan fingerprint density at radius 3 is 2.71 bits per heavy atom. The Morgan fingerprint density at radius 1 is 1.43 bits per heavy atom. The average Bonchev–Trinajstić information content (AvgIpc) is 2.32. The maximum Gasteiger partial charge on any atom is 0.139 e. The van der Waals surface area contributed by atoms with Gasteiger partial charge in [0.15, 0.2) is 0 Å². The molecule has 76 valence electrons. The molecular weight excluding hydrogens is 182 g/mol. The Hall–Kier alpha value is -0.920. The molecule has 1 aliphatic rings. The summed E-state index contributed by atoms with van der Waals surface area (Å²) in [5, 5.41) is 0. The van der Waals surface area contributed by atoms with Gasteiger partial charge in [0.25, 0.3) is 0 Å². The van der Waals surface area contributed by atoms with Crippen LogP contribution in [0.2, 0.25) is 0 Å². The lowest BCUT2D eigenvalue weighted by Crippen LogP contribution is -2.21. The highest BCUT2D eigenvalue weighted by Gasteiger charge is 2.43. The van der Waals surface area contributed by atoms with Gasteiger partial charge in [-0.2, -0.15) is 0 Å². The Bertz CT molecular complexity index is 380. The zero-order chi connectivity index (χ0) is 10.5. The Balaban J connectivity index is 2.68. The Kier molecular flexibility index (Phi) is 1.91. The molecule has 0 fully saturated rings. The van der Waals surface area contributed by atoms with E-state index in [2.05, 4.69) is 0 Å². The summed E-state index contributed by atoms with van der Waals surface area (Å²) in [7, 11) is 0. The molecule has 0 radical (unpaired) electrons. The lowest BCUT2D eigenvalue weighted by Gasteiger charge is -2.21. The van der Waals surface area contributed by atoms with Gasteiger partial charge < -0.3 is 0 Å². The fourth-order valence-electron chi connectivity index (χ4n) is 2.19. The molecule has 0 aromatic heterocycles. The third-order valence-corrected chi connectivity index (χ3v) is 3.36. The Morgan fingerprint density at radius 2 is 2.07 bits per heavy atom. The second-order valence-electron chi connectivity index (χ2n) is 4.41. The number of halogens is 2. The number of fused-ring (bicyclic) bond motifs is 1. The molecular formula is C12H14F2. The normalized spacial score (nSPS) is 30.5. The third kappa shape index (κ3) is 1.09. The monoisotopic (exact) mass is 196 g/mol. The van der Waals surface area contributed by atoms with Crippen molar-refractivity contribution in [3.05, 3.63) is 34.6 Å². The first-order chi connectivity index (χ1) is 6.44. The average molecular weight is 196 g/mol. The van der Waals surface area contributed by atoms with Gasteiger partial charge in [-0.25, -0.2) is 8.78 Å². The van der Waals surface area contributed by atoms with E-state index in [1.807, 2.05) is 13.0 Å². The Labute approximate surface area is 82.9 Å². The van der Waals surface area contributed by atoms with Crippen molar-refractivity contribution in [3.8, 4) is 0 Å². The van der Waals surface area contributed by atoms with Crippen LogP contribution in [0.5, 0.6) is 0 Å². The van der Waals surface area contributed by atoms with Gasteiger partial charge in [0.1, 0.15) is 11.5 Å². The number of hydrogen-bond acceptors (Lipinski definition) is 0. The molecule has 1 aliphatic carbocycles. The molecule has 0 heterocycles. The van der Waals surface area contributed by atoms with E-state index in [1.54, 1.807) is 13.0 Å². The van der Waals surface area contributed by atoms with E-state index < -0.39 is 5.67 Å². The van der Waals surface area contributed by atoms with Crippen LogP contribution in [0.15, 0.2) is 12.1 Å². The third-order valence-electron chi connectivity index (χ3n) is 3.36. The molecule has 0 spiro atoms. The van der Waals surface area contributed by atoms with Crippen LogP contribution in [0.25, 0.3) is 0 Å². The SMILES string of the molecule is Cc1ccc2c(c1F)C(C)(F)C(C)C2. The summed E-state index contributed by atoms with van der Waals surface area (Å²) in [4.78, 5) is 0. The highest BCUT2D eigenvalue weighted by atomic mass is 19.1. The first kappa shape index (κ1) is 9.63. The van der Waals surface area contributed by atoms with Crippen LogP contribution < -0.4 is 0 Å². The summed E-state index contributed by atoms with van der Waals surface area (Å²) >= 11 is 0.